The van der Waals surface area contributed by atoms with Crippen molar-refractivity contribution in [2.45, 2.75) is 6.92 Å². The highest BCUT2D eigenvalue weighted by Crippen LogP contribution is 2.31. The lowest BCUT2D eigenvalue weighted by Gasteiger charge is -2.18. The van der Waals surface area contributed by atoms with Gasteiger partial charge in [0.15, 0.2) is 5.13 Å². The summed E-state index contributed by atoms with van der Waals surface area (Å²) >= 11 is 1.10. The SMILES string of the molecule is CC(=O)N(c1nc(/C=C/C(=O)Nc2ccncc2[N+](=O)[O-])cs1)c1ccccc1F. The molecule has 0 radical (unpaired) electrons. The number of carbonyl (C=O) groups excluding carboxylic acids is 2. The largest absolute Gasteiger partial charge is 0.317 e. The molecule has 0 saturated carbocycles. The second-order valence-electron chi connectivity index (χ2n) is 5.83. The van der Waals surface area contributed by atoms with Crippen molar-refractivity contribution >= 4 is 51.4 Å². The number of benzene rings is 1. The monoisotopic (exact) mass is 427 g/mol. The van der Waals surface area contributed by atoms with Crippen LogP contribution in [0.3, 0.4) is 0 Å². The van der Waals surface area contributed by atoms with Gasteiger partial charge in [0.1, 0.15) is 17.7 Å². The van der Waals surface area contributed by atoms with Crippen LogP contribution in [0.25, 0.3) is 6.08 Å². The molecule has 0 aliphatic carbocycles. The number of amides is 2. The van der Waals surface area contributed by atoms with Crippen molar-refractivity contribution in [3.05, 3.63) is 75.8 Å². The molecule has 9 nitrogen and oxygen atoms in total. The summed E-state index contributed by atoms with van der Waals surface area (Å²) in [5.74, 6) is -1.61. The number of hydrogen-bond donors (Lipinski definition) is 1. The van der Waals surface area contributed by atoms with Crippen molar-refractivity contribution < 1.29 is 18.9 Å². The Morgan fingerprint density at radius 2 is 2.07 bits per heavy atom. The summed E-state index contributed by atoms with van der Waals surface area (Å²) in [6.45, 7) is 1.29. The molecule has 0 unspecified atom stereocenters. The van der Waals surface area contributed by atoms with E-state index in [1.807, 2.05) is 0 Å². The zero-order chi connectivity index (χ0) is 21.7. The van der Waals surface area contributed by atoms with Crippen LogP contribution in [-0.2, 0) is 9.59 Å². The number of carbonyl (C=O) groups is 2. The molecule has 0 fully saturated rings. The molecule has 1 aromatic carbocycles. The number of hydrogen-bond acceptors (Lipinski definition) is 7. The van der Waals surface area contributed by atoms with Crippen molar-refractivity contribution in [2.75, 3.05) is 10.2 Å². The lowest BCUT2D eigenvalue weighted by molar-refractivity contribution is -0.384. The lowest BCUT2D eigenvalue weighted by Crippen LogP contribution is -2.23. The molecule has 0 aliphatic rings. The van der Waals surface area contributed by atoms with E-state index in [0.29, 0.717) is 5.69 Å². The number of nitrogens with zero attached hydrogens (tertiary/aromatic N) is 4. The summed E-state index contributed by atoms with van der Waals surface area (Å²) in [7, 11) is 0. The van der Waals surface area contributed by atoms with E-state index in [1.165, 1.54) is 43.5 Å². The van der Waals surface area contributed by atoms with Crippen LogP contribution in [0.4, 0.5) is 26.6 Å². The Morgan fingerprint density at radius 3 is 2.77 bits per heavy atom. The van der Waals surface area contributed by atoms with E-state index in [2.05, 4.69) is 15.3 Å². The fraction of sp³-hybridized carbons (Fsp3) is 0.0526. The van der Waals surface area contributed by atoms with E-state index in [9.17, 15) is 24.1 Å². The minimum Gasteiger partial charge on any atom is -0.317 e. The van der Waals surface area contributed by atoms with Gasteiger partial charge in [0.25, 0.3) is 0 Å². The van der Waals surface area contributed by atoms with Crippen LogP contribution in [0.1, 0.15) is 12.6 Å². The van der Waals surface area contributed by atoms with Crippen molar-refractivity contribution in [3.8, 4) is 0 Å². The van der Waals surface area contributed by atoms with E-state index in [0.717, 1.165) is 28.5 Å². The van der Waals surface area contributed by atoms with Crippen LogP contribution in [0.15, 0.2) is 54.2 Å². The molecule has 0 saturated heterocycles. The maximum Gasteiger partial charge on any atom is 0.310 e. The van der Waals surface area contributed by atoms with Crippen LogP contribution in [0.2, 0.25) is 0 Å². The van der Waals surface area contributed by atoms with Gasteiger partial charge in [-0.05, 0) is 24.3 Å². The molecular formula is C19H14FN5O4S. The van der Waals surface area contributed by atoms with Gasteiger partial charge in [0, 0.05) is 24.6 Å². The first-order valence-electron chi connectivity index (χ1n) is 8.45. The standard InChI is InChI=1S/C19H14FN5O4S/c1-12(26)24(16-5-3-2-4-14(16)20)19-22-13(11-30-19)6-7-18(27)23-15-8-9-21-10-17(15)25(28)29/h2-11H,1H3,(H,21,23,27)/b7-6+. The Hall–Kier alpha value is -3.99. The van der Waals surface area contributed by atoms with Gasteiger partial charge in [-0.25, -0.2) is 9.37 Å². The molecule has 2 aromatic heterocycles. The predicted molar refractivity (Wildman–Crippen MR) is 110 cm³/mol. The number of nitro groups is 1. The molecule has 30 heavy (non-hydrogen) atoms. The molecule has 0 bridgehead atoms. The number of anilines is 3. The Kier molecular flexibility index (Phi) is 6.23. The average Bonchev–Trinajstić information content (AvgIpc) is 3.16. The molecule has 2 amide bonds. The molecule has 3 rings (SSSR count). The number of para-hydroxylation sites is 1. The Balaban J connectivity index is 1.77. The van der Waals surface area contributed by atoms with Crippen LogP contribution >= 0.6 is 11.3 Å². The lowest BCUT2D eigenvalue weighted by atomic mass is 10.3. The molecule has 11 heteroatoms. The first-order valence-corrected chi connectivity index (χ1v) is 9.33. The zero-order valence-electron chi connectivity index (χ0n) is 15.5. The van der Waals surface area contributed by atoms with Gasteiger partial charge in [-0.15, -0.1) is 11.3 Å². The molecule has 0 aliphatic heterocycles. The zero-order valence-corrected chi connectivity index (χ0v) is 16.3. The highest BCUT2D eigenvalue weighted by atomic mass is 32.1. The quantitative estimate of drug-likeness (QED) is 0.362. The second kappa shape index (κ2) is 9.01. The Bertz CT molecular complexity index is 1150. The van der Waals surface area contributed by atoms with Gasteiger partial charge in [-0.2, -0.15) is 0 Å². The van der Waals surface area contributed by atoms with E-state index in [1.54, 1.807) is 11.4 Å². The minimum atomic E-state index is -0.655. The van der Waals surface area contributed by atoms with Crippen LogP contribution in [0.5, 0.6) is 0 Å². The fourth-order valence-electron chi connectivity index (χ4n) is 2.47. The molecular weight excluding hydrogens is 413 g/mol. The maximum absolute atomic E-state index is 14.1. The topological polar surface area (TPSA) is 118 Å². The van der Waals surface area contributed by atoms with Gasteiger partial charge in [0.2, 0.25) is 11.8 Å². The number of aromatic nitrogens is 2. The summed E-state index contributed by atoms with van der Waals surface area (Å²) in [6.07, 6.45) is 4.87. The van der Waals surface area contributed by atoms with Gasteiger partial charge in [-0.3, -0.25) is 29.6 Å². The van der Waals surface area contributed by atoms with E-state index >= 15 is 0 Å². The van der Waals surface area contributed by atoms with E-state index in [-0.39, 0.29) is 22.2 Å². The third kappa shape index (κ3) is 4.70. The number of pyridine rings is 1. The summed E-state index contributed by atoms with van der Waals surface area (Å²) < 4.78 is 14.1. The van der Waals surface area contributed by atoms with Crippen molar-refractivity contribution in [1.29, 1.82) is 0 Å². The van der Waals surface area contributed by atoms with Crippen molar-refractivity contribution in [1.82, 2.24) is 9.97 Å². The smallest absolute Gasteiger partial charge is 0.310 e. The van der Waals surface area contributed by atoms with Crippen LogP contribution in [0, 0.1) is 15.9 Å². The van der Waals surface area contributed by atoms with E-state index in [4.69, 9.17) is 0 Å². The fourth-order valence-corrected chi connectivity index (χ4v) is 3.32. The number of rotatable bonds is 6. The summed E-state index contributed by atoms with van der Waals surface area (Å²) in [5.41, 5.74) is 0.0951. The molecule has 3 aromatic rings. The normalized spacial score (nSPS) is 10.7. The Labute approximate surface area is 173 Å². The average molecular weight is 427 g/mol. The van der Waals surface area contributed by atoms with Crippen molar-refractivity contribution in [3.63, 3.8) is 0 Å². The third-order valence-electron chi connectivity index (χ3n) is 3.77. The molecule has 2 heterocycles. The van der Waals surface area contributed by atoms with E-state index < -0.39 is 22.6 Å². The van der Waals surface area contributed by atoms with Gasteiger partial charge < -0.3 is 5.32 Å². The second-order valence-corrected chi connectivity index (χ2v) is 6.67. The summed E-state index contributed by atoms with van der Waals surface area (Å²) in [5, 5.41) is 15.2. The van der Waals surface area contributed by atoms with Gasteiger partial charge in [-0.1, -0.05) is 12.1 Å². The molecule has 0 spiro atoms. The Morgan fingerprint density at radius 1 is 1.30 bits per heavy atom. The van der Waals surface area contributed by atoms with Crippen LogP contribution < -0.4 is 10.2 Å². The first kappa shape index (κ1) is 20.7. The maximum atomic E-state index is 14.1. The summed E-state index contributed by atoms with van der Waals surface area (Å²) in [4.78, 5) is 43.5. The highest BCUT2D eigenvalue weighted by molar-refractivity contribution is 7.14. The molecule has 152 valence electrons. The number of thiazole rings is 1. The highest BCUT2D eigenvalue weighted by Gasteiger charge is 2.20. The van der Waals surface area contributed by atoms with Crippen molar-refractivity contribution in [2.24, 2.45) is 0 Å². The molecule has 0 atom stereocenters. The van der Waals surface area contributed by atoms with Crippen LogP contribution in [-0.4, -0.2) is 26.7 Å². The number of nitrogens with one attached hydrogen (secondary N) is 1. The first-order chi connectivity index (χ1) is 14.4. The predicted octanol–water partition coefficient (Wildman–Crippen LogP) is 3.92. The van der Waals surface area contributed by atoms with Gasteiger partial charge in [0.05, 0.1) is 16.3 Å². The third-order valence-corrected chi connectivity index (χ3v) is 4.61. The molecule has 1 N–H and O–H groups in total. The number of halogens is 1. The van der Waals surface area contributed by atoms with Gasteiger partial charge >= 0.3 is 5.69 Å². The summed E-state index contributed by atoms with van der Waals surface area (Å²) in [6, 6.07) is 7.12. The minimum absolute atomic E-state index is 0.00549.